The van der Waals surface area contributed by atoms with Crippen LogP contribution in [0, 0.1) is 0 Å². The maximum absolute atomic E-state index is 7.20. The lowest BCUT2D eigenvalue weighted by molar-refractivity contribution is 0.492. The van der Waals surface area contributed by atoms with E-state index in [2.05, 4.69) is 140 Å². The van der Waals surface area contributed by atoms with E-state index in [-0.39, 0.29) is 0 Å². The average Bonchev–Trinajstić information content (AvgIpc) is 3.33. The van der Waals surface area contributed by atoms with Crippen molar-refractivity contribution < 1.29 is 4.74 Å². The van der Waals surface area contributed by atoms with E-state index in [1.165, 1.54) is 0 Å². The summed E-state index contributed by atoms with van der Waals surface area (Å²) in [5, 5.41) is 2.14. The van der Waals surface area contributed by atoms with Crippen molar-refractivity contribution in [3.05, 3.63) is 207 Å². The Hall–Kier alpha value is -8.02. The normalized spacial score (nSPS) is 11.5. The molecule has 10 aromatic rings. The van der Waals surface area contributed by atoms with Crippen LogP contribution in [0.3, 0.4) is 0 Å². The van der Waals surface area contributed by atoms with E-state index in [4.69, 9.17) is 24.7 Å². The molecule has 0 saturated carbocycles. The first-order chi connectivity index (χ1) is 29.2. The van der Waals surface area contributed by atoms with Crippen LogP contribution in [0.1, 0.15) is 0 Å². The first-order valence-electron chi connectivity index (χ1n) is 19.7. The number of para-hydroxylation sites is 1. The van der Waals surface area contributed by atoms with Crippen LogP contribution in [0.25, 0.3) is 101 Å². The molecule has 5 nitrogen and oxygen atoms in total. The Morgan fingerprint density at radius 3 is 1.54 bits per heavy atom. The molecular weight excluding hydrogens is 721 g/mol. The molecule has 0 saturated heterocycles. The zero-order valence-electron chi connectivity index (χ0n) is 31.8. The highest BCUT2D eigenvalue weighted by atomic mass is 16.5. The predicted octanol–water partition coefficient (Wildman–Crippen LogP) is 13.9. The van der Waals surface area contributed by atoms with Gasteiger partial charge in [-0.05, 0) is 63.0 Å². The Morgan fingerprint density at radius 1 is 0.322 bits per heavy atom. The topological polar surface area (TPSA) is 60.8 Å². The lowest BCUT2D eigenvalue weighted by Crippen LogP contribution is -1.98. The van der Waals surface area contributed by atoms with Gasteiger partial charge in [-0.3, -0.25) is 0 Å². The maximum atomic E-state index is 7.20. The molecule has 11 rings (SSSR count). The van der Waals surface area contributed by atoms with E-state index >= 15 is 0 Å². The van der Waals surface area contributed by atoms with Gasteiger partial charge in [-0.1, -0.05) is 170 Å². The summed E-state index contributed by atoms with van der Waals surface area (Å²) in [6.07, 6.45) is 3.62. The Kier molecular flexibility index (Phi) is 8.41. The second-order valence-corrected chi connectivity index (χ2v) is 14.6. The number of hydrogen-bond donors (Lipinski definition) is 0. The van der Waals surface area contributed by atoms with E-state index < -0.39 is 0 Å². The number of ether oxygens (including phenoxy) is 1. The van der Waals surface area contributed by atoms with Crippen molar-refractivity contribution in [1.29, 1.82) is 0 Å². The average molecular weight is 755 g/mol. The van der Waals surface area contributed by atoms with Gasteiger partial charge in [0.1, 0.15) is 11.5 Å². The summed E-state index contributed by atoms with van der Waals surface area (Å²) in [5.74, 6) is 2.79. The highest BCUT2D eigenvalue weighted by Gasteiger charge is 2.24. The summed E-state index contributed by atoms with van der Waals surface area (Å²) >= 11 is 0. The van der Waals surface area contributed by atoms with Gasteiger partial charge in [0.15, 0.2) is 11.6 Å². The number of rotatable bonds is 4. The molecule has 0 bridgehead atoms. The van der Waals surface area contributed by atoms with Crippen molar-refractivity contribution in [1.82, 2.24) is 19.9 Å². The molecule has 3 heterocycles. The second kappa shape index (κ2) is 14.5. The van der Waals surface area contributed by atoms with Crippen LogP contribution in [-0.2, 0) is 0 Å². The molecule has 59 heavy (non-hydrogen) atoms. The van der Waals surface area contributed by atoms with Crippen LogP contribution in [0.4, 0.5) is 0 Å². The lowest BCUT2D eigenvalue weighted by Gasteiger charge is -2.19. The molecule has 1 aliphatic rings. The van der Waals surface area contributed by atoms with Crippen molar-refractivity contribution in [3.8, 4) is 101 Å². The largest absolute Gasteiger partial charge is 0.455 e. The summed E-state index contributed by atoms with van der Waals surface area (Å²) in [6.45, 7) is 0. The Labute approximate surface area is 342 Å². The summed E-state index contributed by atoms with van der Waals surface area (Å²) in [5.41, 5.74) is 13.9. The van der Waals surface area contributed by atoms with Crippen molar-refractivity contribution in [3.63, 3.8) is 0 Å². The minimum absolute atomic E-state index is 0.547. The van der Waals surface area contributed by atoms with Gasteiger partial charge < -0.3 is 4.74 Å². The second-order valence-electron chi connectivity index (χ2n) is 14.6. The van der Waals surface area contributed by atoms with E-state index in [9.17, 15) is 0 Å². The summed E-state index contributed by atoms with van der Waals surface area (Å²) < 4.78 is 7.20. The van der Waals surface area contributed by atoms with Crippen molar-refractivity contribution in [2.24, 2.45) is 0 Å². The van der Waals surface area contributed by atoms with Crippen LogP contribution < -0.4 is 4.74 Å². The lowest BCUT2D eigenvalue weighted by atomic mass is 9.85. The highest BCUT2D eigenvalue weighted by molar-refractivity contribution is 6.03. The van der Waals surface area contributed by atoms with E-state index in [1.54, 1.807) is 0 Å². The molecule has 1 aliphatic heterocycles. The fraction of sp³-hybridized carbons (Fsp3) is 0. The van der Waals surface area contributed by atoms with Crippen LogP contribution in [0.5, 0.6) is 11.5 Å². The standard InChI is InChI=1S/C54H34N4O/c1-3-16-36(17-4-1)49-32-50(58-54(57-49)39-33-55-53(56-34-39)37-18-5-2-6-19-37)38-28-29-45-43-23-10-9-21-41(43)42-22-11-12-24-44(42)46-25-13-14-26-51(46)59-52-40-20-8-7-15-35(40)27-30-47(52)48(45)31-38/h1-34H. The molecule has 276 valence electrons. The minimum Gasteiger partial charge on any atom is -0.455 e. The van der Waals surface area contributed by atoms with E-state index in [0.717, 1.165) is 100 Å². The van der Waals surface area contributed by atoms with Gasteiger partial charge in [-0.25, -0.2) is 19.9 Å². The molecule has 0 radical (unpaired) electrons. The first-order valence-corrected chi connectivity index (χ1v) is 19.7. The van der Waals surface area contributed by atoms with Crippen LogP contribution in [0.15, 0.2) is 207 Å². The SMILES string of the molecule is c1ccc(-c2cc(-c3ccc4c(c3)-c3ccc5ccccc5c3Oc3ccccc3-c3ccccc3-c3ccccc3-4)nc(-c3cnc(-c4ccccc4)nc3)n2)cc1. The first kappa shape index (κ1) is 34.2. The van der Waals surface area contributed by atoms with Gasteiger partial charge in [0, 0.05) is 45.6 Å². The third kappa shape index (κ3) is 6.22. The number of benzene rings is 8. The Balaban J connectivity index is 1.17. The highest BCUT2D eigenvalue weighted by Crippen LogP contribution is 2.50. The van der Waals surface area contributed by atoms with Crippen molar-refractivity contribution >= 4 is 10.8 Å². The third-order valence-corrected chi connectivity index (χ3v) is 11.0. The Bertz CT molecular complexity index is 3180. The van der Waals surface area contributed by atoms with Gasteiger partial charge in [0.2, 0.25) is 0 Å². The summed E-state index contributed by atoms with van der Waals surface area (Å²) in [6, 6.07) is 67.4. The number of aromatic nitrogens is 4. The summed E-state index contributed by atoms with van der Waals surface area (Å²) in [7, 11) is 0. The van der Waals surface area contributed by atoms with E-state index in [1.807, 2.05) is 67.0 Å². The van der Waals surface area contributed by atoms with Gasteiger partial charge in [-0.15, -0.1) is 0 Å². The molecule has 8 aromatic carbocycles. The van der Waals surface area contributed by atoms with Gasteiger partial charge in [0.25, 0.3) is 0 Å². The van der Waals surface area contributed by atoms with Crippen LogP contribution in [-0.4, -0.2) is 19.9 Å². The smallest absolute Gasteiger partial charge is 0.163 e. The monoisotopic (exact) mass is 754 g/mol. The fourth-order valence-corrected chi connectivity index (χ4v) is 8.18. The molecule has 2 aromatic heterocycles. The molecule has 0 fully saturated rings. The minimum atomic E-state index is 0.547. The number of nitrogens with zero attached hydrogens (tertiary/aromatic N) is 4. The van der Waals surface area contributed by atoms with Gasteiger partial charge >= 0.3 is 0 Å². The maximum Gasteiger partial charge on any atom is 0.163 e. The van der Waals surface area contributed by atoms with Crippen LogP contribution in [0.2, 0.25) is 0 Å². The summed E-state index contributed by atoms with van der Waals surface area (Å²) in [4.78, 5) is 19.8. The van der Waals surface area contributed by atoms with Crippen molar-refractivity contribution in [2.45, 2.75) is 0 Å². The molecule has 0 N–H and O–H groups in total. The Morgan fingerprint density at radius 2 is 0.847 bits per heavy atom. The van der Waals surface area contributed by atoms with Crippen molar-refractivity contribution in [2.75, 3.05) is 0 Å². The third-order valence-electron chi connectivity index (χ3n) is 11.0. The van der Waals surface area contributed by atoms with Crippen LogP contribution >= 0.6 is 0 Å². The zero-order chi connectivity index (χ0) is 39.1. The molecule has 0 atom stereocenters. The quantitative estimate of drug-likeness (QED) is 0.179. The zero-order valence-corrected chi connectivity index (χ0v) is 31.8. The molecule has 0 unspecified atom stereocenters. The molecule has 0 amide bonds. The molecular formula is C54H34N4O. The van der Waals surface area contributed by atoms with Gasteiger partial charge in [-0.2, -0.15) is 0 Å². The molecule has 0 aliphatic carbocycles. The molecule has 5 heteroatoms. The number of fused-ring (bicyclic) bond motifs is 11. The molecule has 0 spiro atoms. The fourth-order valence-electron chi connectivity index (χ4n) is 8.18. The number of hydrogen-bond acceptors (Lipinski definition) is 5. The van der Waals surface area contributed by atoms with Gasteiger partial charge in [0.05, 0.1) is 17.0 Å². The van der Waals surface area contributed by atoms with E-state index in [0.29, 0.717) is 11.6 Å². The predicted molar refractivity (Wildman–Crippen MR) is 239 cm³/mol.